The Morgan fingerprint density at radius 1 is 0.525 bits per heavy atom. The number of fused-ring (bicyclic) bond motifs is 9. The van der Waals surface area contributed by atoms with Crippen LogP contribution in [0.25, 0.3) is 90.4 Å². The summed E-state index contributed by atoms with van der Waals surface area (Å²) in [6.07, 6.45) is 11.0. The van der Waals surface area contributed by atoms with Crippen LogP contribution in [0.2, 0.25) is 0 Å². The Morgan fingerprint density at radius 2 is 0.951 bits per heavy atom. The largest absolute Gasteiger partial charge is 2.00 e. The van der Waals surface area contributed by atoms with E-state index in [2.05, 4.69) is 103 Å². The van der Waals surface area contributed by atoms with Gasteiger partial charge in [0.2, 0.25) is 11.8 Å². The first-order chi connectivity index (χ1) is 29.5. The van der Waals surface area contributed by atoms with Gasteiger partial charge in [-0.3, -0.25) is 14.5 Å². The second-order valence-corrected chi connectivity index (χ2v) is 15.6. The predicted molar refractivity (Wildman–Crippen MR) is 239 cm³/mol. The number of carbonyl (C=O) groups is 2. The SMILES string of the molecule is CN1C(=O)[C@H]2[C@@H](C3=Cc4nc3c(-c3ccccc3)c3ccc([n-]3)c(-c3ccccc3)c3nc(c(-c5ccccc5)c5ccc([n-]5)c4-c4ccccc4)C=C3)C=CC[C@H]2C1=O.[Ni+2]. The van der Waals surface area contributed by atoms with Crippen molar-refractivity contribution < 1.29 is 26.1 Å². The van der Waals surface area contributed by atoms with Crippen molar-refractivity contribution in [2.75, 3.05) is 7.05 Å². The third-order valence-corrected chi connectivity index (χ3v) is 12.2. The van der Waals surface area contributed by atoms with Gasteiger partial charge in [0.1, 0.15) is 0 Å². The van der Waals surface area contributed by atoms with Crippen molar-refractivity contribution in [2.45, 2.75) is 6.42 Å². The van der Waals surface area contributed by atoms with Gasteiger partial charge in [0.15, 0.2) is 0 Å². The molecule has 11 rings (SSSR count). The van der Waals surface area contributed by atoms with Gasteiger partial charge in [0.25, 0.3) is 0 Å². The summed E-state index contributed by atoms with van der Waals surface area (Å²) in [6, 6.07) is 49.3. The van der Waals surface area contributed by atoms with Crippen molar-refractivity contribution in [3.05, 3.63) is 181 Å². The van der Waals surface area contributed by atoms with Gasteiger partial charge >= 0.3 is 16.5 Å². The molecule has 8 bridgehead atoms. The van der Waals surface area contributed by atoms with Crippen LogP contribution in [0.4, 0.5) is 0 Å². The van der Waals surface area contributed by atoms with E-state index in [1.54, 1.807) is 7.05 Å². The molecule has 3 atom stereocenters. The number of amides is 2. The van der Waals surface area contributed by atoms with Crippen LogP contribution in [0, 0.1) is 17.8 Å². The van der Waals surface area contributed by atoms with Gasteiger partial charge in [0.05, 0.1) is 34.6 Å². The maximum atomic E-state index is 14.0. The van der Waals surface area contributed by atoms with Crippen LogP contribution < -0.4 is 9.97 Å². The molecule has 1 saturated heterocycles. The topological polar surface area (TPSA) is 91.4 Å². The van der Waals surface area contributed by atoms with Crippen molar-refractivity contribution in [3.63, 3.8) is 0 Å². The minimum Gasteiger partial charge on any atom is -0.657 e. The maximum Gasteiger partial charge on any atom is 2.00 e. The molecule has 7 nitrogen and oxygen atoms in total. The number of imide groups is 1. The van der Waals surface area contributed by atoms with E-state index in [-0.39, 0.29) is 28.3 Å². The predicted octanol–water partition coefficient (Wildman–Crippen LogP) is 10.8. The van der Waals surface area contributed by atoms with E-state index < -0.39 is 17.8 Å². The Bertz CT molecular complexity index is 3130. The van der Waals surface area contributed by atoms with E-state index in [1.807, 2.05) is 72.8 Å². The molecule has 6 heterocycles. The van der Waals surface area contributed by atoms with E-state index in [9.17, 15) is 9.59 Å². The van der Waals surface area contributed by atoms with E-state index in [0.717, 1.165) is 89.2 Å². The molecule has 0 N–H and O–H groups in total. The molecule has 0 saturated carbocycles. The average molecular weight is 835 g/mol. The first kappa shape index (κ1) is 38.1. The quantitative estimate of drug-likeness (QED) is 0.0974. The number of aromatic nitrogens is 4. The Hall–Kier alpha value is -7.15. The molecule has 3 aromatic heterocycles. The Kier molecular flexibility index (Phi) is 9.66. The Labute approximate surface area is 363 Å². The smallest absolute Gasteiger partial charge is 0.657 e. The summed E-state index contributed by atoms with van der Waals surface area (Å²) in [5, 5.41) is 0. The number of rotatable bonds is 5. The number of carbonyl (C=O) groups excluding carboxylic acids is 2. The summed E-state index contributed by atoms with van der Waals surface area (Å²) in [5.41, 5.74) is 14.4. The molecule has 0 radical (unpaired) electrons. The zero-order chi connectivity index (χ0) is 40.3. The number of allylic oxidation sites excluding steroid dienone is 3. The van der Waals surface area contributed by atoms with Crippen LogP contribution in [-0.4, -0.2) is 33.7 Å². The molecule has 4 aliphatic rings. The van der Waals surface area contributed by atoms with Crippen LogP contribution in [0.3, 0.4) is 0 Å². The summed E-state index contributed by atoms with van der Waals surface area (Å²) < 4.78 is 0. The first-order valence-electron chi connectivity index (χ1n) is 20.3. The van der Waals surface area contributed by atoms with E-state index in [0.29, 0.717) is 12.1 Å². The van der Waals surface area contributed by atoms with Gasteiger partial charge in [-0.2, -0.15) is 0 Å². The van der Waals surface area contributed by atoms with Gasteiger partial charge in [-0.1, -0.05) is 158 Å². The first-order valence-corrected chi connectivity index (χ1v) is 20.3. The van der Waals surface area contributed by atoms with E-state index in [4.69, 9.17) is 19.9 Å². The Morgan fingerprint density at radius 3 is 1.43 bits per heavy atom. The molecule has 0 unspecified atom stereocenters. The van der Waals surface area contributed by atoms with Crippen molar-refractivity contribution in [2.24, 2.45) is 17.8 Å². The van der Waals surface area contributed by atoms with Crippen molar-refractivity contribution in [1.29, 1.82) is 0 Å². The van der Waals surface area contributed by atoms with Gasteiger partial charge in [-0.25, -0.2) is 9.97 Å². The van der Waals surface area contributed by atoms with Crippen molar-refractivity contribution in [1.82, 2.24) is 24.8 Å². The van der Waals surface area contributed by atoms with Crippen molar-refractivity contribution >= 4 is 57.7 Å². The number of hydrogen-bond donors (Lipinski definition) is 0. The molecule has 1 aliphatic carbocycles. The summed E-state index contributed by atoms with van der Waals surface area (Å²) >= 11 is 0. The minimum absolute atomic E-state index is 0. The molecule has 2 amide bonds. The molecule has 8 heteroatoms. The molecule has 61 heavy (non-hydrogen) atoms. The fourth-order valence-corrected chi connectivity index (χ4v) is 9.39. The van der Waals surface area contributed by atoms with Crippen molar-refractivity contribution in [3.8, 4) is 44.5 Å². The van der Waals surface area contributed by atoms with Crippen LogP contribution in [0.1, 0.15) is 29.2 Å². The second-order valence-electron chi connectivity index (χ2n) is 15.6. The summed E-state index contributed by atoms with van der Waals surface area (Å²) in [6.45, 7) is 0. The molecular weight excluding hydrogens is 797 g/mol. The number of likely N-dealkylation sites (tertiary alicyclic amines) is 1. The van der Waals surface area contributed by atoms with E-state index in [1.165, 1.54) is 4.90 Å². The average Bonchev–Trinajstić information content (AvgIpc) is 4.16. The van der Waals surface area contributed by atoms with E-state index >= 15 is 0 Å². The van der Waals surface area contributed by atoms with Gasteiger partial charge in [-0.05, 0) is 74.7 Å². The Balaban J connectivity index is 0.00000445. The van der Waals surface area contributed by atoms with Crippen LogP contribution in [0.5, 0.6) is 0 Å². The molecule has 0 spiro atoms. The van der Waals surface area contributed by atoms with Crippen LogP contribution >= 0.6 is 0 Å². The maximum absolute atomic E-state index is 14.0. The minimum atomic E-state index is -0.556. The fraction of sp³-hybridized carbons (Fsp3) is 0.0943. The van der Waals surface area contributed by atoms with Crippen LogP contribution in [-0.2, 0) is 26.1 Å². The summed E-state index contributed by atoms with van der Waals surface area (Å²) in [4.78, 5) is 50.7. The second kappa shape index (κ2) is 15.5. The van der Waals surface area contributed by atoms with Crippen LogP contribution in [0.15, 0.2) is 158 Å². The zero-order valence-electron chi connectivity index (χ0n) is 33.1. The number of benzene rings is 4. The monoisotopic (exact) mass is 833 g/mol. The summed E-state index contributed by atoms with van der Waals surface area (Å²) in [5.74, 6) is -1.71. The molecule has 3 aliphatic heterocycles. The third kappa shape index (κ3) is 6.43. The molecule has 7 aromatic rings. The third-order valence-electron chi connectivity index (χ3n) is 12.2. The normalized spacial score (nSPS) is 17.9. The van der Waals surface area contributed by atoms with Gasteiger partial charge < -0.3 is 9.97 Å². The molecule has 4 aromatic carbocycles. The van der Waals surface area contributed by atoms with Gasteiger partial charge in [0, 0.05) is 13.0 Å². The number of hydrogen-bond acceptors (Lipinski definition) is 4. The standard InChI is InChI=1S/C53H37N5O2.Ni/c1-58-52(59)37-24-14-23-36(50(37)53(58)60)38-31-45-48(34-19-10-4-11-20-34)43-28-27-41(55-43)46(32-15-6-2-7-16-32)39-25-26-40(54-39)47(33-17-8-3-9-18-33)42-29-30-44(56-42)49(51(38)57-45)35-21-12-5-13-22-35;/h2-23,25-31,36-37,50H,24H2,1H3;/q-2;+2/t36-,37-,50+;/m1./s1. The molecular formula is C53H37N5NiO2. The molecule has 1 fully saturated rings. The molecule has 296 valence electrons. The fourth-order valence-electron chi connectivity index (χ4n) is 9.39. The van der Waals surface area contributed by atoms with Gasteiger partial charge in [-0.15, -0.1) is 22.1 Å². The zero-order valence-corrected chi connectivity index (χ0v) is 34.0. The summed E-state index contributed by atoms with van der Waals surface area (Å²) in [7, 11) is 1.60. The number of nitrogens with zero attached hydrogens (tertiary/aromatic N) is 5.